The Morgan fingerprint density at radius 1 is 0.952 bits per heavy atom. The standard InChI is InChI=1S/C17H23NO3/c1-4-19-14-5-7-15(8-6-14)20-12-17-10-9-16(21-17)11-18-13(2)3/h5-10,13,18H,4,11-12H2,1-3H3. The van der Waals surface area contributed by atoms with Crippen LogP contribution in [0.5, 0.6) is 11.5 Å². The zero-order chi connectivity index (χ0) is 15.1. The van der Waals surface area contributed by atoms with E-state index in [-0.39, 0.29) is 0 Å². The van der Waals surface area contributed by atoms with Gasteiger partial charge in [0.15, 0.2) is 0 Å². The molecule has 4 nitrogen and oxygen atoms in total. The molecule has 1 aromatic carbocycles. The number of ether oxygens (including phenoxy) is 2. The number of furan rings is 1. The summed E-state index contributed by atoms with van der Waals surface area (Å²) >= 11 is 0. The summed E-state index contributed by atoms with van der Waals surface area (Å²) in [6.07, 6.45) is 0. The van der Waals surface area contributed by atoms with Crippen molar-refractivity contribution in [3.8, 4) is 11.5 Å². The maximum Gasteiger partial charge on any atom is 0.146 e. The summed E-state index contributed by atoms with van der Waals surface area (Å²) in [4.78, 5) is 0. The Kier molecular flexibility index (Phi) is 5.69. The minimum atomic E-state index is 0.426. The zero-order valence-corrected chi connectivity index (χ0v) is 12.9. The van der Waals surface area contributed by atoms with Crippen LogP contribution in [0.4, 0.5) is 0 Å². The molecule has 0 aliphatic heterocycles. The molecule has 0 fully saturated rings. The van der Waals surface area contributed by atoms with E-state index in [1.54, 1.807) is 0 Å². The lowest BCUT2D eigenvalue weighted by molar-refractivity contribution is 0.264. The Bertz CT molecular complexity index is 531. The van der Waals surface area contributed by atoms with Gasteiger partial charge in [0.1, 0.15) is 29.6 Å². The Morgan fingerprint density at radius 2 is 1.57 bits per heavy atom. The lowest BCUT2D eigenvalue weighted by Crippen LogP contribution is -2.21. The first-order valence-electron chi connectivity index (χ1n) is 7.34. The van der Waals surface area contributed by atoms with Gasteiger partial charge in [0.2, 0.25) is 0 Å². The zero-order valence-electron chi connectivity index (χ0n) is 12.9. The third-order valence-corrected chi connectivity index (χ3v) is 2.92. The van der Waals surface area contributed by atoms with Gasteiger partial charge in [-0.05, 0) is 43.3 Å². The molecule has 0 unspecified atom stereocenters. The van der Waals surface area contributed by atoms with E-state index in [1.165, 1.54) is 0 Å². The molecule has 0 aliphatic rings. The van der Waals surface area contributed by atoms with E-state index in [1.807, 2.05) is 43.3 Å². The molecule has 0 aliphatic carbocycles. The van der Waals surface area contributed by atoms with Crippen molar-refractivity contribution in [1.82, 2.24) is 5.32 Å². The number of hydrogen-bond donors (Lipinski definition) is 1. The molecule has 0 atom stereocenters. The molecule has 114 valence electrons. The highest BCUT2D eigenvalue weighted by Gasteiger charge is 2.04. The second-order valence-corrected chi connectivity index (χ2v) is 5.10. The van der Waals surface area contributed by atoms with Crippen LogP contribution in [0.25, 0.3) is 0 Å². The van der Waals surface area contributed by atoms with Crippen molar-refractivity contribution in [2.45, 2.75) is 40.0 Å². The first-order chi connectivity index (χ1) is 10.2. The predicted molar refractivity (Wildman–Crippen MR) is 82.6 cm³/mol. The number of nitrogens with one attached hydrogen (secondary N) is 1. The fourth-order valence-electron chi connectivity index (χ4n) is 1.85. The number of benzene rings is 1. The van der Waals surface area contributed by atoms with Gasteiger partial charge in [0, 0.05) is 6.04 Å². The molecule has 0 saturated heterocycles. The van der Waals surface area contributed by atoms with Crippen molar-refractivity contribution < 1.29 is 13.9 Å². The molecule has 0 saturated carbocycles. The maximum atomic E-state index is 5.71. The van der Waals surface area contributed by atoms with E-state index < -0.39 is 0 Å². The van der Waals surface area contributed by atoms with E-state index in [4.69, 9.17) is 13.9 Å². The van der Waals surface area contributed by atoms with Gasteiger partial charge < -0.3 is 19.2 Å². The molecule has 1 heterocycles. The van der Waals surface area contributed by atoms with Crippen LogP contribution in [0.3, 0.4) is 0 Å². The molecule has 0 amide bonds. The van der Waals surface area contributed by atoms with Gasteiger partial charge in [0.05, 0.1) is 13.2 Å². The van der Waals surface area contributed by atoms with Gasteiger partial charge >= 0.3 is 0 Å². The highest BCUT2D eigenvalue weighted by atomic mass is 16.5. The summed E-state index contributed by atoms with van der Waals surface area (Å²) in [6, 6.07) is 12.0. The molecule has 2 rings (SSSR count). The highest BCUT2D eigenvalue weighted by Crippen LogP contribution is 2.19. The van der Waals surface area contributed by atoms with Gasteiger partial charge in [-0.2, -0.15) is 0 Å². The van der Waals surface area contributed by atoms with Crippen LogP contribution in [0.1, 0.15) is 32.3 Å². The molecule has 1 N–H and O–H groups in total. The van der Waals surface area contributed by atoms with Crippen LogP contribution in [0.15, 0.2) is 40.8 Å². The SMILES string of the molecule is CCOc1ccc(OCc2ccc(CNC(C)C)o2)cc1. The highest BCUT2D eigenvalue weighted by molar-refractivity contribution is 5.31. The Balaban J connectivity index is 1.82. The summed E-state index contributed by atoms with van der Waals surface area (Å²) < 4.78 is 16.8. The van der Waals surface area contributed by atoms with Crippen molar-refractivity contribution in [3.05, 3.63) is 47.9 Å². The van der Waals surface area contributed by atoms with Gasteiger partial charge in [-0.3, -0.25) is 0 Å². The fourth-order valence-corrected chi connectivity index (χ4v) is 1.85. The van der Waals surface area contributed by atoms with Crippen molar-refractivity contribution in [1.29, 1.82) is 0 Å². The van der Waals surface area contributed by atoms with Gasteiger partial charge in [-0.25, -0.2) is 0 Å². The second-order valence-electron chi connectivity index (χ2n) is 5.10. The van der Waals surface area contributed by atoms with Crippen molar-refractivity contribution in [3.63, 3.8) is 0 Å². The van der Waals surface area contributed by atoms with E-state index >= 15 is 0 Å². The van der Waals surface area contributed by atoms with Crippen LogP contribution in [0.2, 0.25) is 0 Å². The number of rotatable bonds is 8. The van der Waals surface area contributed by atoms with Crippen molar-refractivity contribution in [2.24, 2.45) is 0 Å². The normalized spacial score (nSPS) is 10.9. The lowest BCUT2D eigenvalue weighted by atomic mass is 10.3. The largest absolute Gasteiger partial charge is 0.494 e. The topological polar surface area (TPSA) is 43.6 Å². The first kappa shape index (κ1) is 15.4. The minimum absolute atomic E-state index is 0.426. The molecule has 1 aromatic heterocycles. The average Bonchev–Trinajstić information content (AvgIpc) is 2.93. The quantitative estimate of drug-likeness (QED) is 0.803. The van der Waals surface area contributed by atoms with Crippen molar-refractivity contribution in [2.75, 3.05) is 6.61 Å². The maximum absolute atomic E-state index is 5.71. The van der Waals surface area contributed by atoms with Crippen LogP contribution < -0.4 is 14.8 Å². The smallest absolute Gasteiger partial charge is 0.146 e. The van der Waals surface area contributed by atoms with E-state index in [0.717, 1.165) is 29.6 Å². The van der Waals surface area contributed by atoms with Gasteiger partial charge in [-0.15, -0.1) is 0 Å². The summed E-state index contributed by atoms with van der Waals surface area (Å²) in [5, 5.41) is 3.32. The number of hydrogen-bond acceptors (Lipinski definition) is 4. The first-order valence-corrected chi connectivity index (χ1v) is 7.34. The summed E-state index contributed by atoms with van der Waals surface area (Å²) in [7, 11) is 0. The summed E-state index contributed by atoms with van der Waals surface area (Å²) in [6.45, 7) is 8.01. The molecular formula is C17H23NO3. The molecular weight excluding hydrogens is 266 g/mol. The van der Waals surface area contributed by atoms with Crippen LogP contribution in [-0.4, -0.2) is 12.6 Å². The van der Waals surface area contributed by atoms with Crippen LogP contribution in [0, 0.1) is 0 Å². The van der Waals surface area contributed by atoms with E-state index in [9.17, 15) is 0 Å². The molecule has 21 heavy (non-hydrogen) atoms. The Hall–Kier alpha value is -1.94. The fraction of sp³-hybridized carbons (Fsp3) is 0.412. The van der Waals surface area contributed by atoms with Gasteiger partial charge in [-0.1, -0.05) is 13.8 Å². The van der Waals surface area contributed by atoms with Gasteiger partial charge in [0.25, 0.3) is 0 Å². The minimum Gasteiger partial charge on any atom is -0.494 e. The third-order valence-electron chi connectivity index (χ3n) is 2.92. The van der Waals surface area contributed by atoms with Crippen LogP contribution in [-0.2, 0) is 13.2 Å². The second kappa shape index (κ2) is 7.74. The third kappa shape index (κ3) is 5.16. The predicted octanol–water partition coefficient (Wildman–Crippen LogP) is 3.76. The van der Waals surface area contributed by atoms with Crippen molar-refractivity contribution >= 4 is 0 Å². The lowest BCUT2D eigenvalue weighted by Gasteiger charge is -2.07. The molecule has 0 bridgehead atoms. The summed E-state index contributed by atoms with van der Waals surface area (Å²) in [5.41, 5.74) is 0. The molecule has 0 spiro atoms. The van der Waals surface area contributed by atoms with Crippen LogP contribution >= 0.6 is 0 Å². The molecule has 4 heteroatoms. The monoisotopic (exact) mass is 289 g/mol. The molecule has 0 radical (unpaired) electrons. The summed E-state index contributed by atoms with van der Waals surface area (Å²) in [5.74, 6) is 3.40. The molecule has 2 aromatic rings. The average molecular weight is 289 g/mol. The Morgan fingerprint density at radius 3 is 2.19 bits per heavy atom. The van der Waals surface area contributed by atoms with E-state index in [0.29, 0.717) is 19.3 Å². The van der Waals surface area contributed by atoms with E-state index in [2.05, 4.69) is 19.2 Å². The Labute approximate surface area is 126 Å².